The molecule has 0 aliphatic carbocycles. The first-order chi connectivity index (χ1) is 16.5. The molecule has 0 aromatic heterocycles. The van der Waals surface area contributed by atoms with Gasteiger partial charge in [0.2, 0.25) is 5.91 Å². The van der Waals surface area contributed by atoms with E-state index in [2.05, 4.69) is 21.2 Å². The minimum Gasteiger partial charge on any atom is -0.345 e. The van der Waals surface area contributed by atoms with Crippen LogP contribution in [0, 0.1) is 0 Å². The summed E-state index contributed by atoms with van der Waals surface area (Å²) in [6, 6.07) is 5.70. The number of hydrogen-bond acceptors (Lipinski definition) is 2. The van der Waals surface area contributed by atoms with Crippen LogP contribution >= 0.6 is 50.7 Å². The minimum absolute atomic E-state index is 0.0362. The fourth-order valence-corrected chi connectivity index (χ4v) is 4.07. The quantitative estimate of drug-likeness (QED) is 0.231. The van der Waals surface area contributed by atoms with Gasteiger partial charge in [0.15, 0.2) is 0 Å². The lowest BCUT2D eigenvalue weighted by molar-refractivity contribution is -0.137. The Morgan fingerprint density at radius 3 is 2.11 bits per heavy atom. The molecule has 196 valence electrons. The largest absolute Gasteiger partial charge is 0.405 e. The van der Waals surface area contributed by atoms with Crippen molar-refractivity contribution >= 4 is 68.4 Å². The Bertz CT molecular complexity index is 1160. The second-order valence-corrected chi connectivity index (χ2v) is 9.56. The molecule has 0 aliphatic rings. The summed E-state index contributed by atoms with van der Waals surface area (Å²) in [5.74, 6) is -8.17. The highest BCUT2D eigenvalue weighted by Gasteiger charge is 2.35. The number of nitrogens with one attached hydrogen (secondary N) is 2. The molecule has 0 saturated heterocycles. The van der Waals surface area contributed by atoms with Crippen LogP contribution in [0.4, 0.5) is 26.3 Å². The number of allylic oxidation sites excluding steroid dienone is 1. The van der Waals surface area contributed by atoms with E-state index in [-0.39, 0.29) is 36.2 Å². The van der Waals surface area contributed by atoms with Gasteiger partial charge >= 0.3 is 6.18 Å². The lowest BCUT2D eigenvalue weighted by Gasteiger charge is -2.22. The molecule has 1 atom stereocenters. The van der Waals surface area contributed by atoms with Crippen LogP contribution in [-0.2, 0) is 4.79 Å². The zero-order valence-electron chi connectivity index (χ0n) is 18.1. The highest BCUT2D eigenvalue weighted by Crippen LogP contribution is 2.41. The molecule has 0 fully saturated rings. The van der Waals surface area contributed by atoms with Crippen molar-refractivity contribution in [3.05, 3.63) is 72.6 Å². The number of hydrogen-bond donors (Lipinski definition) is 2. The molecule has 1 unspecified atom stereocenters. The molecule has 0 radical (unpaired) electrons. The molecule has 14 heteroatoms. The SMILES string of the molecule is CC(F)(F)C(/C=C(\F)c1ccc(C(=O)NCC(=O)NCC(F)(F)F)c(Br)c1)c1cc(Cl)c(Cl)c(Cl)c1. The lowest BCUT2D eigenvalue weighted by Crippen LogP contribution is -2.40. The predicted octanol–water partition coefficient (Wildman–Crippen LogP) is 7.57. The smallest absolute Gasteiger partial charge is 0.345 e. The van der Waals surface area contributed by atoms with Crippen molar-refractivity contribution in [1.82, 2.24) is 10.6 Å². The van der Waals surface area contributed by atoms with Crippen molar-refractivity contribution in [1.29, 1.82) is 0 Å². The van der Waals surface area contributed by atoms with Gasteiger partial charge < -0.3 is 10.6 Å². The molecule has 2 aromatic rings. The molecule has 2 aromatic carbocycles. The van der Waals surface area contributed by atoms with E-state index in [1.54, 1.807) is 5.32 Å². The van der Waals surface area contributed by atoms with E-state index in [9.17, 15) is 35.9 Å². The number of rotatable bonds is 8. The molecule has 4 nitrogen and oxygen atoms in total. The van der Waals surface area contributed by atoms with Crippen LogP contribution in [0.15, 0.2) is 40.9 Å². The fraction of sp³-hybridized carbons (Fsp3) is 0.273. The fourth-order valence-electron chi connectivity index (χ4n) is 2.90. The summed E-state index contributed by atoms with van der Waals surface area (Å²) >= 11 is 20.8. The number of carbonyl (C=O) groups is 2. The van der Waals surface area contributed by atoms with Crippen LogP contribution in [0.5, 0.6) is 0 Å². The second-order valence-electron chi connectivity index (χ2n) is 7.52. The van der Waals surface area contributed by atoms with Gasteiger partial charge in [-0.3, -0.25) is 9.59 Å². The average Bonchev–Trinajstić information content (AvgIpc) is 2.76. The predicted molar refractivity (Wildman–Crippen MR) is 129 cm³/mol. The van der Waals surface area contributed by atoms with Crippen LogP contribution in [0.2, 0.25) is 15.1 Å². The average molecular weight is 641 g/mol. The number of halogens is 10. The maximum atomic E-state index is 15.0. The van der Waals surface area contributed by atoms with E-state index in [1.807, 2.05) is 0 Å². The van der Waals surface area contributed by atoms with E-state index in [4.69, 9.17) is 34.8 Å². The monoisotopic (exact) mass is 638 g/mol. The van der Waals surface area contributed by atoms with Gasteiger partial charge in [0.25, 0.3) is 11.8 Å². The summed E-state index contributed by atoms with van der Waals surface area (Å²) in [7, 11) is 0. The van der Waals surface area contributed by atoms with Crippen LogP contribution in [0.25, 0.3) is 5.83 Å². The van der Waals surface area contributed by atoms with Gasteiger partial charge in [-0.25, -0.2) is 13.2 Å². The molecule has 0 spiro atoms. The summed E-state index contributed by atoms with van der Waals surface area (Å²) in [4.78, 5) is 23.7. The Hall–Kier alpha value is -1.95. The number of alkyl halides is 5. The molecule has 0 aliphatic heterocycles. The van der Waals surface area contributed by atoms with Crippen LogP contribution in [0.3, 0.4) is 0 Å². The van der Waals surface area contributed by atoms with E-state index in [0.717, 1.165) is 30.3 Å². The maximum Gasteiger partial charge on any atom is 0.405 e. The molecular weight excluding hydrogens is 625 g/mol. The summed E-state index contributed by atoms with van der Waals surface area (Å²) in [5.41, 5.74) is -0.332. The maximum absolute atomic E-state index is 15.0. The summed E-state index contributed by atoms with van der Waals surface area (Å²) in [5, 5.41) is 3.49. The summed E-state index contributed by atoms with van der Waals surface area (Å²) in [6.07, 6.45) is -3.94. The van der Waals surface area contributed by atoms with E-state index in [1.165, 1.54) is 0 Å². The Balaban J connectivity index is 2.23. The first-order valence-electron chi connectivity index (χ1n) is 9.80. The van der Waals surface area contributed by atoms with Gasteiger partial charge in [-0.15, -0.1) is 0 Å². The standard InChI is InChI=1S/C22H16BrCl3F6N2O2/c1-21(28,29)13(11-5-15(24)19(26)16(25)6-11)7-17(27)10-2-3-12(14(23)4-10)20(36)33-8-18(35)34-9-22(30,31)32/h2-7,13H,8-9H2,1H3,(H,33,36)(H,34,35)/b17-7-. The third-order valence-electron chi connectivity index (χ3n) is 4.61. The molecule has 2 amide bonds. The third-order valence-corrected chi connectivity index (χ3v) is 6.46. The normalized spacial score (nSPS) is 13.4. The van der Waals surface area contributed by atoms with Crippen molar-refractivity contribution < 1.29 is 35.9 Å². The Labute approximate surface area is 225 Å². The molecule has 2 N–H and O–H groups in total. The van der Waals surface area contributed by atoms with Crippen LogP contribution < -0.4 is 10.6 Å². The van der Waals surface area contributed by atoms with Gasteiger partial charge in [-0.2, -0.15) is 13.2 Å². The van der Waals surface area contributed by atoms with Gasteiger partial charge in [0.05, 0.1) is 33.1 Å². The van der Waals surface area contributed by atoms with Crippen LogP contribution in [-0.4, -0.2) is 37.0 Å². The Morgan fingerprint density at radius 2 is 1.61 bits per heavy atom. The van der Waals surface area contributed by atoms with Gasteiger partial charge in [0, 0.05) is 17.0 Å². The lowest BCUT2D eigenvalue weighted by atomic mass is 9.92. The zero-order valence-corrected chi connectivity index (χ0v) is 21.9. The summed E-state index contributed by atoms with van der Waals surface area (Å²) in [6.45, 7) is -1.71. The van der Waals surface area contributed by atoms with E-state index < -0.39 is 48.7 Å². The zero-order chi connectivity index (χ0) is 27.4. The highest BCUT2D eigenvalue weighted by molar-refractivity contribution is 9.10. The highest BCUT2D eigenvalue weighted by atomic mass is 79.9. The summed E-state index contributed by atoms with van der Waals surface area (Å²) < 4.78 is 80.1. The van der Waals surface area contributed by atoms with Gasteiger partial charge in [0.1, 0.15) is 12.4 Å². The van der Waals surface area contributed by atoms with Crippen molar-refractivity contribution in [3.8, 4) is 0 Å². The van der Waals surface area contributed by atoms with E-state index >= 15 is 0 Å². The molecule has 0 saturated carbocycles. The van der Waals surface area contributed by atoms with Gasteiger partial charge in [-0.05, 0) is 51.8 Å². The van der Waals surface area contributed by atoms with Crippen molar-refractivity contribution in [2.45, 2.75) is 24.9 Å². The minimum atomic E-state index is -4.61. The van der Waals surface area contributed by atoms with Crippen LogP contribution in [0.1, 0.15) is 34.3 Å². The number of benzene rings is 2. The first-order valence-corrected chi connectivity index (χ1v) is 11.7. The molecule has 36 heavy (non-hydrogen) atoms. The van der Waals surface area contributed by atoms with Gasteiger partial charge in [-0.1, -0.05) is 40.9 Å². The second kappa shape index (κ2) is 12.1. The molecule has 0 bridgehead atoms. The van der Waals surface area contributed by atoms with Crippen molar-refractivity contribution in [2.75, 3.05) is 13.1 Å². The Kier molecular flexibility index (Phi) is 10.1. The third kappa shape index (κ3) is 8.57. The molecule has 0 heterocycles. The molecular formula is C22H16BrCl3F6N2O2. The topological polar surface area (TPSA) is 58.2 Å². The first kappa shape index (κ1) is 30.3. The van der Waals surface area contributed by atoms with Crippen molar-refractivity contribution in [2.24, 2.45) is 0 Å². The number of amides is 2. The van der Waals surface area contributed by atoms with Crippen molar-refractivity contribution in [3.63, 3.8) is 0 Å². The Morgan fingerprint density at radius 1 is 1.03 bits per heavy atom. The number of carbonyl (C=O) groups excluding carboxylic acids is 2. The van der Waals surface area contributed by atoms with E-state index in [0.29, 0.717) is 13.0 Å². The molecule has 2 rings (SSSR count).